The average molecular weight is 617 g/mol. The zero-order valence-corrected chi connectivity index (χ0v) is 24.6. The molecule has 0 aliphatic heterocycles. The minimum absolute atomic E-state index is 0.315. The molecule has 0 fully saturated rings. The molecule has 4 rings (SSSR count). The van der Waals surface area contributed by atoms with Gasteiger partial charge in [-0.3, -0.25) is 0 Å². The first-order valence-electron chi connectivity index (χ1n) is 10.5. The average Bonchev–Trinajstić information content (AvgIpc) is 3.17. The van der Waals surface area contributed by atoms with Crippen molar-refractivity contribution in [3.63, 3.8) is 0 Å². The predicted octanol–water partition coefficient (Wildman–Crippen LogP) is 6.81. The van der Waals surface area contributed by atoms with Gasteiger partial charge in [0.15, 0.2) is 0 Å². The van der Waals surface area contributed by atoms with Crippen molar-refractivity contribution in [3.8, 4) is 0 Å². The Morgan fingerprint density at radius 2 is 1.73 bits per heavy atom. The van der Waals surface area contributed by atoms with E-state index in [1.54, 1.807) is 0 Å². The van der Waals surface area contributed by atoms with Crippen molar-refractivity contribution in [2.75, 3.05) is 0 Å². The molecule has 1 aromatic rings. The van der Waals surface area contributed by atoms with E-state index in [9.17, 15) is 0 Å². The molecule has 1 atom stereocenters. The van der Waals surface area contributed by atoms with Crippen molar-refractivity contribution < 1.29 is 19.1 Å². The third kappa shape index (κ3) is 3.21. The van der Waals surface area contributed by atoms with Crippen LogP contribution in [0.2, 0.25) is 0 Å². The van der Waals surface area contributed by atoms with Crippen LogP contribution in [0, 0.1) is 0 Å². The van der Waals surface area contributed by atoms with Crippen LogP contribution in [-0.4, -0.2) is 15.0 Å². The van der Waals surface area contributed by atoms with Gasteiger partial charge in [0.2, 0.25) is 0 Å². The second-order valence-electron chi connectivity index (χ2n) is 8.23. The first-order chi connectivity index (χ1) is 14.4. The molecule has 1 aromatic carbocycles. The molecular formula is C26H27Cl2HfSi. The first kappa shape index (κ1) is 22.4. The van der Waals surface area contributed by atoms with Gasteiger partial charge in [0.25, 0.3) is 0 Å². The quantitative estimate of drug-likeness (QED) is 0.326. The molecule has 0 saturated carbocycles. The number of benzene rings is 1. The van der Waals surface area contributed by atoms with Gasteiger partial charge in [-0.2, -0.15) is 0 Å². The number of fused-ring (bicyclic) bond motifs is 1. The zero-order chi connectivity index (χ0) is 21.6. The van der Waals surface area contributed by atoms with E-state index in [1.807, 2.05) is 9.85 Å². The van der Waals surface area contributed by atoms with E-state index in [1.165, 1.54) is 53.1 Å². The van der Waals surface area contributed by atoms with Crippen molar-refractivity contribution in [1.82, 2.24) is 0 Å². The van der Waals surface area contributed by atoms with E-state index >= 15 is 0 Å². The summed E-state index contributed by atoms with van der Waals surface area (Å²) in [6.45, 7) is 9.01. The van der Waals surface area contributed by atoms with Crippen LogP contribution in [0.3, 0.4) is 0 Å². The molecule has 0 N–H and O–H groups in total. The molecule has 4 heteroatoms. The summed E-state index contributed by atoms with van der Waals surface area (Å²) in [7, 11) is 15.8. The van der Waals surface area contributed by atoms with Gasteiger partial charge in [-0.15, -0.1) is 0 Å². The zero-order valence-electron chi connectivity index (χ0n) is 18.1. The van der Waals surface area contributed by atoms with Crippen LogP contribution < -0.4 is 0 Å². The Bertz CT molecular complexity index is 1110. The van der Waals surface area contributed by atoms with E-state index in [2.05, 4.69) is 82.3 Å². The van der Waals surface area contributed by atoms with Gasteiger partial charge in [-0.05, 0) is 0 Å². The molecule has 0 aromatic heterocycles. The molecule has 0 radical (unpaired) electrons. The molecule has 0 nitrogen and oxygen atoms in total. The summed E-state index contributed by atoms with van der Waals surface area (Å²) in [5.74, 6) is 0. The Labute approximate surface area is 198 Å². The van der Waals surface area contributed by atoms with E-state index in [0.717, 1.165) is 12.8 Å². The molecule has 3 aliphatic carbocycles. The Hall–Kier alpha value is -0.803. The van der Waals surface area contributed by atoms with Crippen molar-refractivity contribution in [2.45, 2.75) is 46.0 Å². The van der Waals surface area contributed by atoms with Crippen LogP contribution in [0.1, 0.15) is 46.1 Å². The number of rotatable bonds is 4. The van der Waals surface area contributed by atoms with Crippen molar-refractivity contribution in [1.29, 1.82) is 0 Å². The normalized spacial score (nSPS) is 23.7. The molecule has 3 aliphatic rings. The predicted molar refractivity (Wildman–Crippen MR) is 132 cm³/mol. The van der Waals surface area contributed by atoms with Gasteiger partial charge in [-0.25, -0.2) is 0 Å². The van der Waals surface area contributed by atoms with Crippen LogP contribution in [0.4, 0.5) is 0 Å². The summed E-state index contributed by atoms with van der Waals surface area (Å²) in [5, 5.41) is 1.37. The van der Waals surface area contributed by atoms with Gasteiger partial charge >= 0.3 is 200 Å². The van der Waals surface area contributed by atoms with Crippen LogP contribution in [0.15, 0.2) is 97.0 Å². The Morgan fingerprint density at radius 3 is 2.33 bits per heavy atom. The van der Waals surface area contributed by atoms with Gasteiger partial charge < -0.3 is 0 Å². The molecule has 153 valence electrons. The molecule has 1 unspecified atom stereocenters. The van der Waals surface area contributed by atoms with Crippen LogP contribution in [0.25, 0.3) is 0 Å². The van der Waals surface area contributed by atoms with Crippen LogP contribution in [-0.2, 0) is 24.5 Å². The topological polar surface area (TPSA) is 0 Å². The van der Waals surface area contributed by atoms with Crippen LogP contribution >= 0.6 is 17.2 Å². The molecule has 0 saturated heterocycles. The summed E-state index contributed by atoms with van der Waals surface area (Å²) in [6.07, 6.45) is 11.3. The van der Waals surface area contributed by atoms with Crippen molar-refractivity contribution in [2.24, 2.45) is 0 Å². The fraction of sp³-hybridized carbons (Fsp3) is 0.269. The van der Waals surface area contributed by atoms with E-state index in [0.29, 0.717) is 0 Å². The standard InChI is InChI=1S/C26H27Si.2ClH.Hf/c1-5-20-14-15-23(19(20)4)26(21-10-7-6-8-11-21)24-16-17(2)18(3)22(24)12-9-13-25(26)27;;;/h6-14H,5,15,27H2,1-4H3;2*1H;/q;;;+2/p-2. The SMILES string of the molecule is CCC1=CCC(C2(c3ccccc3)C(=[SiH2])C=CC=C3C(C)=C(C)[C]([Hf]([Cl])[Cl])=C32)=C1C. The van der Waals surface area contributed by atoms with Gasteiger partial charge in [-0.1, -0.05) is 0 Å². The number of halogens is 2. The third-order valence-corrected chi connectivity index (χ3v) is 14.5. The van der Waals surface area contributed by atoms with Gasteiger partial charge in [0, 0.05) is 0 Å². The molecule has 30 heavy (non-hydrogen) atoms. The molecular weight excluding hydrogens is 590 g/mol. The van der Waals surface area contributed by atoms with Crippen LogP contribution in [0.5, 0.6) is 0 Å². The second kappa shape index (κ2) is 8.62. The Balaban J connectivity index is 2.17. The maximum atomic E-state index is 6.88. The van der Waals surface area contributed by atoms with Crippen molar-refractivity contribution >= 4 is 32.2 Å². The monoisotopic (exact) mass is 617 g/mol. The fourth-order valence-corrected chi connectivity index (χ4v) is 13.5. The summed E-state index contributed by atoms with van der Waals surface area (Å²) in [4.78, 5) is 0. The summed E-state index contributed by atoms with van der Waals surface area (Å²) < 4.78 is 1.29. The van der Waals surface area contributed by atoms with E-state index < -0.39 is 19.1 Å². The Kier molecular flexibility index (Phi) is 6.43. The number of hydrogen-bond acceptors (Lipinski definition) is 0. The summed E-state index contributed by atoms with van der Waals surface area (Å²) in [6, 6.07) is 11.0. The van der Waals surface area contributed by atoms with Gasteiger partial charge in [0.05, 0.1) is 0 Å². The number of allylic oxidation sites excluding steroid dienone is 12. The Morgan fingerprint density at radius 1 is 1.03 bits per heavy atom. The second-order valence-corrected chi connectivity index (χ2v) is 20.4. The van der Waals surface area contributed by atoms with E-state index in [-0.39, 0.29) is 5.41 Å². The fourth-order valence-electron chi connectivity index (χ4n) is 5.39. The molecule has 0 amide bonds. The summed E-state index contributed by atoms with van der Waals surface area (Å²) >= 11 is -2.92. The van der Waals surface area contributed by atoms with Gasteiger partial charge in [0.1, 0.15) is 0 Å². The molecule has 0 bridgehead atoms. The minimum atomic E-state index is -2.92. The van der Waals surface area contributed by atoms with E-state index in [4.69, 9.17) is 17.2 Å². The third-order valence-electron chi connectivity index (χ3n) is 6.99. The molecule has 0 spiro atoms. The summed E-state index contributed by atoms with van der Waals surface area (Å²) in [5.41, 5.74) is 10.7. The first-order valence-corrected chi connectivity index (χ1v) is 21.9. The number of hydrogen-bond donors (Lipinski definition) is 0. The molecule has 0 heterocycles. The van der Waals surface area contributed by atoms with Crippen molar-refractivity contribution in [3.05, 3.63) is 103 Å². The maximum absolute atomic E-state index is 6.88.